The van der Waals surface area contributed by atoms with E-state index < -0.39 is 0 Å². The third-order valence-corrected chi connectivity index (χ3v) is 3.19. The minimum Gasteiger partial charge on any atom is -0.497 e. The lowest BCUT2D eigenvalue weighted by molar-refractivity contribution is 0.104. The summed E-state index contributed by atoms with van der Waals surface area (Å²) in [4.78, 5) is 12.1. The second kappa shape index (κ2) is 6.75. The smallest absolute Gasteiger partial charge is 0.185 e. The second-order valence-electron chi connectivity index (χ2n) is 4.67. The summed E-state index contributed by atoms with van der Waals surface area (Å²) in [6.45, 7) is 1.99. The molecule has 3 nitrogen and oxygen atoms in total. The van der Waals surface area contributed by atoms with Crippen LogP contribution in [0.4, 0.5) is 0 Å². The van der Waals surface area contributed by atoms with E-state index in [0.717, 1.165) is 11.1 Å². The van der Waals surface area contributed by atoms with Crippen LogP contribution >= 0.6 is 0 Å². The molecule has 0 radical (unpaired) electrons. The molecule has 0 bridgehead atoms. The second-order valence-corrected chi connectivity index (χ2v) is 4.67. The fourth-order valence-electron chi connectivity index (χ4n) is 1.94. The number of ether oxygens (including phenoxy) is 2. The van der Waals surface area contributed by atoms with Crippen LogP contribution < -0.4 is 9.47 Å². The van der Waals surface area contributed by atoms with Gasteiger partial charge in [0.05, 0.1) is 14.2 Å². The summed E-state index contributed by atoms with van der Waals surface area (Å²) in [5.74, 6) is 1.35. The minimum absolute atomic E-state index is 0.0344. The Kier molecular flexibility index (Phi) is 4.77. The zero-order chi connectivity index (χ0) is 15.2. The van der Waals surface area contributed by atoms with Crippen LogP contribution in [0.3, 0.4) is 0 Å². The average Bonchev–Trinajstić information content (AvgIpc) is 2.53. The van der Waals surface area contributed by atoms with Gasteiger partial charge in [-0.1, -0.05) is 29.8 Å². The van der Waals surface area contributed by atoms with Gasteiger partial charge in [0.15, 0.2) is 5.78 Å². The van der Waals surface area contributed by atoms with Crippen molar-refractivity contribution in [3.63, 3.8) is 0 Å². The van der Waals surface area contributed by atoms with Crippen LogP contribution in [-0.4, -0.2) is 20.0 Å². The van der Waals surface area contributed by atoms with Gasteiger partial charge in [-0.2, -0.15) is 0 Å². The fourth-order valence-corrected chi connectivity index (χ4v) is 1.94. The van der Waals surface area contributed by atoms with Gasteiger partial charge < -0.3 is 9.47 Å². The highest BCUT2D eigenvalue weighted by molar-refractivity contribution is 6.06. The van der Waals surface area contributed by atoms with E-state index in [2.05, 4.69) is 0 Å². The lowest BCUT2D eigenvalue weighted by atomic mass is 10.1. The zero-order valence-corrected chi connectivity index (χ0v) is 12.4. The predicted molar refractivity (Wildman–Crippen MR) is 84.1 cm³/mol. The Labute approximate surface area is 124 Å². The van der Waals surface area contributed by atoms with Gasteiger partial charge in [-0.05, 0) is 31.2 Å². The molecule has 2 aromatic rings. The topological polar surface area (TPSA) is 35.5 Å². The van der Waals surface area contributed by atoms with Crippen molar-refractivity contribution in [2.24, 2.45) is 0 Å². The number of rotatable bonds is 5. The molecule has 0 aromatic heterocycles. The first-order valence-corrected chi connectivity index (χ1v) is 6.65. The van der Waals surface area contributed by atoms with Crippen LogP contribution in [0.15, 0.2) is 48.5 Å². The van der Waals surface area contributed by atoms with E-state index in [9.17, 15) is 4.79 Å². The van der Waals surface area contributed by atoms with E-state index in [4.69, 9.17) is 9.47 Å². The minimum atomic E-state index is -0.0344. The van der Waals surface area contributed by atoms with Gasteiger partial charge in [0.1, 0.15) is 11.5 Å². The molecule has 0 unspecified atom stereocenters. The van der Waals surface area contributed by atoms with Crippen LogP contribution in [0.25, 0.3) is 6.08 Å². The molecule has 2 aromatic carbocycles. The number of ketones is 1. The van der Waals surface area contributed by atoms with Crippen LogP contribution in [-0.2, 0) is 0 Å². The van der Waals surface area contributed by atoms with Crippen LogP contribution in [0.1, 0.15) is 21.5 Å². The number of methoxy groups -OCH3 is 2. The number of allylic oxidation sites excluding steroid dienone is 1. The van der Waals surface area contributed by atoms with Gasteiger partial charge in [-0.15, -0.1) is 0 Å². The molecular formula is C18H18O3. The Morgan fingerprint density at radius 3 is 2.33 bits per heavy atom. The first-order valence-electron chi connectivity index (χ1n) is 6.65. The monoisotopic (exact) mass is 282 g/mol. The number of carbonyl (C=O) groups excluding carboxylic acids is 1. The lowest BCUT2D eigenvalue weighted by Crippen LogP contribution is -1.94. The molecule has 0 aliphatic carbocycles. The van der Waals surface area contributed by atoms with Gasteiger partial charge in [0.25, 0.3) is 0 Å². The molecular weight excluding hydrogens is 264 g/mol. The van der Waals surface area contributed by atoms with Crippen molar-refractivity contribution in [3.8, 4) is 11.5 Å². The summed E-state index contributed by atoms with van der Waals surface area (Å²) >= 11 is 0. The molecule has 0 aliphatic heterocycles. The number of benzene rings is 2. The maximum atomic E-state index is 12.1. The van der Waals surface area contributed by atoms with Gasteiger partial charge in [-0.3, -0.25) is 4.79 Å². The molecule has 0 saturated heterocycles. The Bertz CT molecular complexity index is 655. The molecule has 108 valence electrons. The summed E-state index contributed by atoms with van der Waals surface area (Å²) in [7, 11) is 3.19. The van der Waals surface area contributed by atoms with Crippen molar-refractivity contribution in [3.05, 3.63) is 65.2 Å². The van der Waals surface area contributed by atoms with Crippen molar-refractivity contribution < 1.29 is 14.3 Å². The molecule has 0 atom stereocenters. The average molecular weight is 282 g/mol. The van der Waals surface area contributed by atoms with Crippen LogP contribution in [0.2, 0.25) is 0 Å². The maximum absolute atomic E-state index is 12.1. The van der Waals surface area contributed by atoms with E-state index in [-0.39, 0.29) is 5.78 Å². The molecule has 0 saturated carbocycles. The first-order chi connectivity index (χ1) is 10.1. The van der Waals surface area contributed by atoms with E-state index in [1.165, 1.54) is 0 Å². The summed E-state index contributed by atoms with van der Waals surface area (Å²) in [6, 6.07) is 13.0. The maximum Gasteiger partial charge on any atom is 0.185 e. The molecule has 3 heteroatoms. The highest BCUT2D eigenvalue weighted by atomic mass is 16.5. The molecule has 0 heterocycles. The van der Waals surface area contributed by atoms with E-state index in [0.29, 0.717) is 17.1 Å². The Morgan fingerprint density at radius 1 is 1.00 bits per heavy atom. The molecule has 0 aliphatic rings. The van der Waals surface area contributed by atoms with Gasteiger partial charge in [0, 0.05) is 17.2 Å². The lowest BCUT2D eigenvalue weighted by Gasteiger charge is -2.07. The highest BCUT2D eigenvalue weighted by Crippen LogP contribution is 2.25. The first kappa shape index (κ1) is 14.9. The van der Waals surface area contributed by atoms with Crippen molar-refractivity contribution in [1.29, 1.82) is 0 Å². The van der Waals surface area contributed by atoms with Crippen LogP contribution in [0, 0.1) is 6.92 Å². The third-order valence-electron chi connectivity index (χ3n) is 3.19. The normalized spacial score (nSPS) is 10.6. The highest BCUT2D eigenvalue weighted by Gasteiger charge is 2.04. The zero-order valence-electron chi connectivity index (χ0n) is 12.4. The summed E-state index contributed by atoms with van der Waals surface area (Å²) in [5, 5.41) is 0. The number of carbonyl (C=O) groups is 1. The summed E-state index contributed by atoms with van der Waals surface area (Å²) in [6.07, 6.45) is 3.30. The quantitative estimate of drug-likeness (QED) is 0.616. The van der Waals surface area contributed by atoms with E-state index >= 15 is 0 Å². The van der Waals surface area contributed by atoms with Crippen molar-refractivity contribution in [1.82, 2.24) is 0 Å². The van der Waals surface area contributed by atoms with E-state index in [1.54, 1.807) is 32.4 Å². The molecule has 2 rings (SSSR count). The predicted octanol–water partition coefficient (Wildman–Crippen LogP) is 3.91. The van der Waals surface area contributed by atoms with Crippen molar-refractivity contribution >= 4 is 11.9 Å². The Morgan fingerprint density at radius 2 is 1.71 bits per heavy atom. The third kappa shape index (κ3) is 3.72. The van der Waals surface area contributed by atoms with E-state index in [1.807, 2.05) is 43.3 Å². The van der Waals surface area contributed by atoms with Gasteiger partial charge in [0.2, 0.25) is 0 Å². The summed E-state index contributed by atoms with van der Waals surface area (Å²) in [5.41, 5.74) is 2.63. The Hall–Kier alpha value is -2.55. The largest absolute Gasteiger partial charge is 0.497 e. The number of aryl methyl sites for hydroxylation is 1. The van der Waals surface area contributed by atoms with Gasteiger partial charge >= 0.3 is 0 Å². The van der Waals surface area contributed by atoms with Crippen molar-refractivity contribution in [2.45, 2.75) is 6.92 Å². The summed E-state index contributed by atoms with van der Waals surface area (Å²) < 4.78 is 10.4. The number of hydrogen-bond donors (Lipinski definition) is 0. The molecule has 0 N–H and O–H groups in total. The van der Waals surface area contributed by atoms with Crippen molar-refractivity contribution in [2.75, 3.05) is 14.2 Å². The fraction of sp³-hybridized carbons (Fsp3) is 0.167. The van der Waals surface area contributed by atoms with Gasteiger partial charge in [-0.25, -0.2) is 0 Å². The molecule has 21 heavy (non-hydrogen) atoms. The molecule has 0 spiro atoms. The Balaban J connectivity index is 2.20. The SMILES string of the molecule is COc1ccc(/C=C\C(=O)c2ccc(C)cc2)c(OC)c1. The van der Waals surface area contributed by atoms with Crippen LogP contribution in [0.5, 0.6) is 11.5 Å². The standard InChI is InChI=1S/C18H18O3/c1-13-4-6-14(7-5-13)17(19)11-9-15-8-10-16(20-2)12-18(15)21-3/h4-12H,1-3H3/b11-9-. The number of hydrogen-bond acceptors (Lipinski definition) is 3. The molecule has 0 amide bonds. The molecule has 0 fully saturated rings.